The van der Waals surface area contributed by atoms with Gasteiger partial charge in [-0.2, -0.15) is 8.42 Å². The van der Waals surface area contributed by atoms with Gasteiger partial charge < -0.3 is 32.3 Å². The third-order valence-electron chi connectivity index (χ3n) is 5.39. The lowest BCUT2D eigenvalue weighted by atomic mass is 10.1. The highest BCUT2D eigenvalue weighted by atomic mass is 32.2. The van der Waals surface area contributed by atoms with Crippen molar-refractivity contribution in [1.29, 1.82) is 0 Å². The lowest BCUT2D eigenvalue weighted by Crippen LogP contribution is -2.17. The second-order valence-electron chi connectivity index (χ2n) is 7.43. The summed E-state index contributed by atoms with van der Waals surface area (Å²) in [6.07, 6.45) is 2.51. The number of benzene rings is 2. The van der Waals surface area contributed by atoms with Crippen LogP contribution in [0.5, 0.6) is 34.5 Å². The molecule has 0 aliphatic heterocycles. The van der Waals surface area contributed by atoms with Gasteiger partial charge in [0.15, 0.2) is 17.3 Å². The molecule has 11 nitrogen and oxygen atoms in total. The number of rotatable bonds is 9. The minimum Gasteiger partial charge on any atom is -0.496 e. The van der Waals surface area contributed by atoms with Crippen LogP contribution in [0.4, 0.5) is 0 Å². The van der Waals surface area contributed by atoms with Gasteiger partial charge in [-0.3, -0.25) is 9.78 Å². The summed E-state index contributed by atoms with van der Waals surface area (Å²) in [4.78, 5) is 17.3. The number of nitrogens with zero attached hydrogens (tertiary/aromatic N) is 1. The van der Waals surface area contributed by atoms with Crippen LogP contribution < -0.4 is 33.3 Å². The first-order valence-corrected chi connectivity index (χ1v) is 12.1. The fraction of sp³-hybridized carbons (Fsp3) is 0.200. The van der Waals surface area contributed by atoms with Crippen LogP contribution >= 0.6 is 0 Å². The van der Waals surface area contributed by atoms with E-state index in [1.54, 1.807) is 0 Å². The Kier molecular flexibility index (Phi) is 7.11. The summed E-state index contributed by atoms with van der Waals surface area (Å²) >= 11 is 0. The van der Waals surface area contributed by atoms with Crippen molar-refractivity contribution in [2.45, 2.75) is 4.90 Å². The van der Waals surface area contributed by atoms with Crippen LogP contribution in [0.1, 0.15) is 0 Å². The van der Waals surface area contributed by atoms with Crippen molar-refractivity contribution < 1.29 is 40.7 Å². The van der Waals surface area contributed by atoms with Crippen LogP contribution in [0, 0.1) is 0 Å². The van der Waals surface area contributed by atoms with Crippen molar-refractivity contribution in [1.82, 2.24) is 4.98 Å². The Balaban J connectivity index is 2.08. The molecule has 0 unspecified atom stereocenters. The molecule has 0 fully saturated rings. The van der Waals surface area contributed by atoms with Crippen molar-refractivity contribution >= 4 is 21.1 Å². The van der Waals surface area contributed by atoms with E-state index in [4.69, 9.17) is 32.3 Å². The minimum atomic E-state index is -4.49. The van der Waals surface area contributed by atoms with Crippen LogP contribution in [0.25, 0.3) is 22.3 Å². The third kappa shape index (κ3) is 4.70. The number of fused-ring (bicyclic) bond motifs is 1. The molecule has 0 bridgehead atoms. The monoisotopic (exact) mass is 529 g/mol. The van der Waals surface area contributed by atoms with Crippen molar-refractivity contribution in [3.63, 3.8) is 0 Å². The van der Waals surface area contributed by atoms with Crippen molar-refractivity contribution in [2.75, 3.05) is 35.5 Å². The second-order valence-corrected chi connectivity index (χ2v) is 8.98. The number of pyridine rings is 1. The maximum atomic E-state index is 13.8. The summed E-state index contributed by atoms with van der Waals surface area (Å²) in [6.45, 7) is 0. The Hall–Kier alpha value is -4.45. The van der Waals surface area contributed by atoms with Crippen LogP contribution in [0.3, 0.4) is 0 Å². The van der Waals surface area contributed by atoms with E-state index >= 15 is 0 Å². The molecule has 0 saturated carbocycles. The molecule has 0 radical (unpaired) electrons. The molecule has 0 aliphatic rings. The lowest BCUT2D eigenvalue weighted by molar-refractivity contribution is 0.324. The molecule has 0 N–H and O–H groups in total. The Morgan fingerprint density at radius 2 is 1.49 bits per heavy atom. The van der Waals surface area contributed by atoms with E-state index < -0.39 is 21.3 Å². The molecule has 0 spiro atoms. The zero-order valence-electron chi connectivity index (χ0n) is 20.6. The molecule has 0 saturated heterocycles. The summed E-state index contributed by atoms with van der Waals surface area (Å²) in [6, 6.07) is 8.64. The largest absolute Gasteiger partial charge is 0.496 e. The highest BCUT2D eigenvalue weighted by Crippen LogP contribution is 2.44. The van der Waals surface area contributed by atoms with E-state index in [2.05, 4.69) is 4.98 Å². The highest BCUT2D eigenvalue weighted by Gasteiger charge is 2.28. The molecule has 2 heterocycles. The molecule has 0 atom stereocenters. The standard InChI is InChI=1S/C25H23NO10S/c1-30-15-11-17(31-2)21-18(12-15)35-23(14-9-19(32-3)24(34-5)20(10-14)33-4)25(22(21)27)36-37(28,29)16-7-6-8-26-13-16/h6-13H,1-5H3. The first kappa shape index (κ1) is 25.6. The lowest BCUT2D eigenvalue weighted by Gasteiger charge is -2.16. The molecular weight excluding hydrogens is 506 g/mol. The van der Waals surface area contributed by atoms with Crippen LogP contribution in [0.15, 0.2) is 62.9 Å². The first-order valence-electron chi connectivity index (χ1n) is 10.7. The summed E-state index contributed by atoms with van der Waals surface area (Å²) < 4.78 is 64.5. The molecule has 194 valence electrons. The van der Waals surface area contributed by atoms with Gasteiger partial charge >= 0.3 is 10.1 Å². The Labute approximate surface area is 212 Å². The summed E-state index contributed by atoms with van der Waals surface area (Å²) in [5, 5.41) is -0.0455. The third-order valence-corrected chi connectivity index (χ3v) is 6.59. The molecule has 4 rings (SSSR count). The smallest absolute Gasteiger partial charge is 0.341 e. The van der Waals surface area contributed by atoms with Crippen molar-refractivity contribution in [2.24, 2.45) is 0 Å². The number of methoxy groups -OCH3 is 5. The molecule has 0 aliphatic carbocycles. The molecular formula is C25H23NO10S. The van der Waals surface area contributed by atoms with Crippen LogP contribution in [0.2, 0.25) is 0 Å². The second kappa shape index (κ2) is 10.3. The average molecular weight is 530 g/mol. The van der Waals surface area contributed by atoms with Gasteiger partial charge in [0.1, 0.15) is 27.4 Å². The van der Waals surface area contributed by atoms with Gasteiger partial charge in [0.2, 0.25) is 16.9 Å². The van der Waals surface area contributed by atoms with Gasteiger partial charge in [0.05, 0.1) is 35.5 Å². The topological polar surface area (TPSA) is 133 Å². The maximum Gasteiger partial charge on any atom is 0.341 e. The zero-order valence-corrected chi connectivity index (χ0v) is 21.4. The Bertz CT molecular complexity index is 1590. The van der Waals surface area contributed by atoms with Crippen molar-refractivity contribution in [3.05, 3.63) is 59.0 Å². The number of ether oxygens (including phenoxy) is 5. The number of aromatic nitrogens is 1. The van der Waals surface area contributed by atoms with E-state index in [9.17, 15) is 13.2 Å². The summed E-state index contributed by atoms with van der Waals surface area (Å²) in [5.41, 5.74) is -0.514. The molecule has 12 heteroatoms. The molecule has 2 aromatic carbocycles. The first-order chi connectivity index (χ1) is 17.8. The zero-order chi connectivity index (χ0) is 26.7. The van der Waals surface area contributed by atoms with Crippen LogP contribution in [-0.2, 0) is 10.1 Å². The maximum absolute atomic E-state index is 13.8. The predicted octanol–water partition coefficient (Wildman–Crippen LogP) is 3.67. The number of hydrogen-bond donors (Lipinski definition) is 0. The van der Waals surface area contributed by atoms with Gasteiger partial charge in [0, 0.05) is 30.1 Å². The Morgan fingerprint density at radius 1 is 0.811 bits per heavy atom. The van der Waals surface area contributed by atoms with Gasteiger partial charge in [0.25, 0.3) is 0 Å². The SMILES string of the molecule is COc1cc(OC)c2c(=O)c(OS(=O)(=O)c3cccnc3)c(-c3cc(OC)c(OC)c(OC)c3)oc2c1. The summed E-state index contributed by atoms with van der Waals surface area (Å²) in [5.74, 6) is 0.398. The molecule has 37 heavy (non-hydrogen) atoms. The number of hydrogen-bond acceptors (Lipinski definition) is 11. The summed E-state index contributed by atoms with van der Waals surface area (Å²) in [7, 11) is 2.57. The van der Waals surface area contributed by atoms with Gasteiger partial charge in [-0.05, 0) is 24.3 Å². The minimum absolute atomic E-state index is 0.0455. The van der Waals surface area contributed by atoms with Gasteiger partial charge in [-0.25, -0.2) is 0 Å². The van der Waals surface area contributed by atoms with E-state index in [0.29, 0.717) is 5.75 Å². The van der Waals surface area contributed by atoms with E-state index in [-0.39, 0.29) is 50.2 Å². The fourth-order valence-electron chi connectivity index (χ4n) is 3.65. The van der Waals surface area contributed by atoms with Gasteiger partial charge in [-0.1, -0.05) is 0 Å². The van der Waals surface area contributed by atoms with E-state index in [1.807, 2.05) is 0 Å². The normalized spacial score (nSPS) is 11.2. The Morgan fingerprint density at radius 3 is 2.03 bits per heavy atom. The van der Waals surface area contributed by atoms with E-state index in [1.165, 1.54) is 78.1 Å². The van der Waals surface area contributed by atoms with Gasteiger partial charge in [-0.15, -0.1) is 0 Å². The van der Waals surface area contributed by atoms with E-state index in [0.717, 1.165) is 6.20 Å². The molecule has 0 amide bonds. The molecule has 4 aromatic rings. The van der Waals surface area contributed by atoms with Crippen LogP contribution in [-0.4, -0.2) is 49.0 Å². The quantitative estimate of drug-likeness (QED) is 0.294. The average Bonchev–Trinajstić information content (AvgIpc) is 2.93. The highest BCUT2D eigenvalue weighted by molar-refractivity contribution is 7.87. The van der Waals surface area contributed by atoms with Crippen molar-refractivity contribution in [3.8, 4) is 45.8 Å². The fourth-order valence-corrected chi connectivity index (χ4v) is 4.55. The predicted molar refractivity (Wildman–Crippen MR) is 133 cm³/mol. The molecule has 2 aromatic heterocycles.